The van der Waals surface area contributed by atoms with Gasteiger partial charge in [0.05, 0.1) is 10.2 Å². The Morgan fingerprint density at radius 2 is 2.25 bits per heavy atom. The van der Waals surface area contributed by atoms with Crippen LogP contribution in [0, 0.1) is 0 Å². The predicted octanol–water partition coefficient (Wildman–Crippen LogP) is 2.56. The van der Waals surface area contributed by atoms with Crippen LogP contribution in [0.15, 0.2) is 24.3 Å². The van der Waals surface area contributed by atoms with Crippen LogP contribution < -0.4 is 4.74 Å². The first-order valence-electron chi connectivity index (χ1n) is 3.49. The van der Waals surface area contributed by atoms with Crippen molar-refractivity contribution in [1.29, 1.82) is 0 Å². The third kappa shape index (κ3) is 1.40. The smallest absolute Gasteiger partial charge is 0.275 e. The third-order valence-corrected chi connectivity index (χ3v) is 2.54. The molecule has 0 bridgehead atoms. The summed E-state index contributed by atoms with van der Waals surface area (Å²) in [5, 5.41) is 0.686. The molecule has 62 valence electrons. The fourth-order valence-corrected chi connectivity index (χ4v) is 1.99. The molecule has 0 saturated carbocycles. The summed E-state index contributed by atoms with van der Waals surface area (Å²) in [5.41, 5.74) is 0.985. The molecule has 2 rings (SSSR count). The topological polar surface area (TPSA) is 22.1 Å². The van der Waals surface area contributed by atoms with Gasteiger partial charge < -0.3 is 4.74 Å². The van der Waals surface area contributed by atoms with Crippen LogP contribution in [-0.4, -0.2) is 10.9 Å². The second-order valence-electron chi connectivity index (χ2n) is 2.22. The van der Waals surface area contributed by atoms with E-state index in [2.05, 4.69) is 17.6 Å². The number of rotatable bonds is 2. The minimum atomic E-state index is 0.375. The quantitative estimate of drug-likeness (QED) is 0.590. The summed E-state index contributed by atoms with van der Waals surface area (Å²) < 4.78 is 6.31. The molecule has 2 nitrogen and oxygen atoms in total. The van der Waals surface area contributed by atoms with E-state index in [0.717, 1.165) is 10.2 Å². The summed E-state index contributed by atoms with van der Waals surface area (Å²) in [6.45, 7) is 0. The van der Waals surface area contributed by atoms with E-state index in [4.69, 9.17) is 4.74 Å². The molecule has 1 heterocycles. The second kappa shape index (κ2) is 3.33. The molecule has 0 aliphatic carbocycles. The van der Waals surface area contributed by atoms with Crippen molar-refractivity contribution in [2.75, 3.05) is 5.94 Å². The third-order valence-electron chi connectivity index (χ3n) is 1.46. The number of nitrogens with zero attached hydrogens (tertiary/aromatic N) is 1. The Kier molecular flexibility index (Phi) is 2.19. The first-order valence-corrected chi connectivity index (χ1v) is 4.94. The van der Waals surface area contributed by atoms with Gasteiger partial charge in [-0.05, 0) is 12.1 Å². The zero-order chi connectivity index (χ0) is 8.39. The van der Waals surface area contributed by atoms with Gasteiger partial charge in [0.15, 0.2) is 0 Å². The van der Waals surface area contributed by atoms with E-state index in [9.17, 15) is 0 Å². The lowest BCUT2D eigenvalue weighted by Gasteiger charge is -1.91. The molecule has 0 N–H and O–H groups in total. The standard InChI is InChI=1S/C8H7NOS2/c11-5-10-8-9-6-3-1-2-4-7(6)12-8/h1-4,11H,5H2. The van der Waals surface area contributed by atoms with Crippen molar-refractivity contribution in [3.8, 4) is 5.19 Å². The maximum atomic E-state index is 5.16. The SMILES string of the molecule is SCOc1nc2ccccc2s1. The van der Waals surface area contributed by atoms with Crippen molar-refractivity contribution in [2.45, 2.75) is 0 Å². The van der Waals surface area contributed by atoms with Gasteiger partial charge in [0.1, 0.15) is 5.94 Å². The molecule has 0 unspecified atom stereocenters. The van der Waals surface area contributed by atoms with Gasteiger partial charge in [-0.3, -0.25) is 0 Å². The van der Waals surface area contributed by atoms with E-state index < -0.39 is 0 Å². The molecule has 0 aliphatic rings. The molecule has 1 aromatic carbocycles. The average Bonchev–Trinajstić information content (AvgIpc) is 2.47. The van der Waals surface area contributed by atoms with Crippen molar-refractivity contribution in [1.82, 2.24) is 4.98 Å². The molecular formula is C8H7NOS2. The van der Waals surface area contributed by atoms with E-state index in [1.54, 1.807) is 0 Å². The minimum absolute atomic E-state index is 0.375. The molecule has 0 fully saturated rings. The Balaban J connectivity index is 2.47. The van der Waals surface area contributed by atoms with Crippen LogP contribution in [0.4, 0.5) is 0 Å². The molecule has 1 aromatic heterocycles. The number of para-hydroxylation sites is 1. The van der Waals surface area contributed by atoms with Gasteiger partial charge in [-0.1, -0.05) is 23.5 Å². The van der Waals surface area contributed by atoms with Gasteiger partial charge in [0, 0.05) is 0 Å². The molecule has 0 atom stereocenters. The number of hydrogen-bond acceptors (Lipinski definition) is 4. The minimum Gasteiger partial charge on any atom is -0.459 e. The fraction of sp³-hybridized carbons (Fsp3) is 0.125. The largest absolute Gasteiger partial charge is 0.459 e. The van der Waals surface area contributed by atoms with E-state index in [-0.39, 0.29) is 0 Å². The number of hydrogen-bond donors (Lipinski definition) is 1. The van der Waals surface area contributed by atoms with E-state index in [0.29, 0.717) is 11.1 Å². The number of fused-ring (bicyclic) bond motifs is 1. The van der Waals surface area contributed by atoms with Gasteiger partial charge >= 0.3 is 0 Å². The number of thiazole rings is 1. The van der Waals surface area contributed by atoms with Gasteiger partial charge in [-0.25, -0.2) is 4.98 Å². The van der Waals surface area contributed by atoms with Crippen molar-refractivity contribution in [3.63, 3.8) is 0 Å². The number of aromatic nitrogens is 1. The maximum absolute atomic E-state index is 5.16. The van der Waals surface area contributed by atoms with Crippen LogP contribution in [0.5, 0.6) is 5.19 Å². The average molecular weight is 197 g/mol. The molecular weight excluding hydrogens is 190 g/mol. The van der Waals surface area contributed by atoms with E-state index >= 15 is 0 Å². The van der Waals surface area contributed by atoms with Crippen LogP contribution in [0.25, 0.3) is 10.2 Å². The Labute approximate surface area is 79.6 Å². The van der Waals surface area contributed by atoms with Gasteiger partial charge in [-0.2, -0.15) is 0 Å². The highest BCUT2D eigenvalue weighted by atomic mass is 32.1. The second-order valence-corrected chi connectivity index (χ2v) is 3.47. The Morgan fingerprint density at radius 1 is 1.42 bits per heavy atom. The van der Waals surface area contributed by atoms with Gasteiger partial charge in [0.25, 0.3) is 5.19 Å². The van der Waals surface area contributed by atoms with Crippen molar-refractivity contribution in [3.05, 3.63) is 24.3 Å². The Hall–Kier alpha value is -0.740. The summed E-state index contributed by atoms with van der Waals surface area (Å²) in [4.78, 5) is 4.25. The summed E-state index contributed by atoms with van der Waals surface area (Å²) in [7, 11) is 0. The number of benzene rings is 1. The Bertz CT molecular complexity index is 352. The molecule has 2 aromatic rings. The van der Waals surface area contributed by atoms with Gasteiger partial charge in [-0.15, -0.1) is 12.6 Å². The lowest BCUT2D eigenvalue weighted by Crippen LogP contribution is -1.86. The highest BCUT2D eigenvalue weighted by Gasteiger charge is 2.01. The zero-order valence-corrected chi connectivity index (χ0v) is 7.94. The molecule has 0 amide bonds. The number of thiol groups is 1. The molecule has 0 aliphatic heterocycles. The molecule has 0 radical (unpaired) electrons. The van der Waals surface area contributed by atoms with Crippen LogP contribution in [0.3, 0.4) is 0 Å². The normalized spacial score (nSPS) is 10.4. The molecule has 12 heavy (non-hydrogen) atoms. The summed E-state index contributed by atoms with van der Waals surface area (Å²) in [6.07, 6.45) is 0. The predicted molar refractivity (Wildman–Crippen MR) is 54.1 cm³/mol. The van der Waals surface area contributed by atoms with Crippen LogP contribution >= 0.6 is 24.0 Å². The van der Waals surface area contributed by atoms with Crippen LogP contribution in [0.1, 0.15) is 0 Å². The molecule has 0 spiro atoms. The van der Waals surface area contributed by atoms with E-state index in [1.807, 2.05) is 24.3 Å². The highest BCUT2D eigenvalue weighted by molar-refractivity contribution is 7.80. The molecule has 4 heteroatoms. The molecule has 0 saturated heterocycles. The van der Waals surface area contributed by atoms with Crippen molar-refractivity contribution < 1.29 is 4.74 Å². The lowest BCUT2D eigenvalue weighted by molar-refractivity contribution is 0.393. The summed E-state index contributed by atoms with van der Waals surface area (Å²) in [6, 6.07) is 7.95. The monoisotopic (exact) mass is 197 g/mol. The van der Waals surface area contributed by atoms with E-state index in [1.165, 1.54) is 11.3 Å². The lowest BCUT2D eigenvalue weighted by atomic mass is 10.3. The van der Waals surface area contributed by atoms with Crippen LogP contribution in [0.2, 0.25) is 0 Å². The van der Waals surface area contributed by atoms with Crippen molar-refractivity contribution in [2.24, 2.45) is 0 Å². The fourth-order valence-electron chi connectivity index (χ4n) is 0.968. The first kappa shape index (κ1) is 7.89. The number of ether oxygens (including phenoxy) is 1. The summed E-state index contributed by atoms with van der Waals surface area (Å²) in [5.74, 6) is 0.375. The zero-order valence-electron chi connectivity index (χ0n) is 6.23. The first-order chi connectivity index (χ1) is 5.90. The van der Waals surface area contributed by atoms with Gasteiger partial charge in [0.2, 0.25) is 0 Å². The maximum Gasteiger partial charge on any atom is 0.275 e. The Morgan fingerprint density at radius 3 is 3.00 bits per heavy atom. The van der Waals surface area contributed by atoms with Crippen molar-refractivity contribution >= 4 is 34.2 Å². The van der Waals surface area contributed by atoms with Crippen LogP contribution in [-0.2, 0) is 0 Å². The highest BCUT2D eigenvalue weighted by Crippen LogP contribution is 2.27. The summed E-state index contributed by atoms with van der Waals surface area (Å²) >= 11 is 5.50.